The number of carbonyl (C=O) groups excluding carboxylic acids is 1. The first-order valence-corrected chi connectivity index (χ1v) is 3.52. The third-order valence-corrected chi connectivity index (χ3v) is 1.25. The van der Waals surface area contributed by atoms with Crippen LogP contribution in [0.3, 0.4) is 0 Å². The van der Waals surface area contributed by atoms with Crippen molar-refractivity contribution in [2.75, 3.05) is 7.11 Å². The number of hydrogen-bond acceptors (Lipinski definition) is 3. The molecule has 0 heterocycles. The summed E-state index contributed by atoms with van der Waals surface area (Å²) in [4.78, 5) is 10.8. The van der Waals surface area contributed by atoms with Gasteiger partial charge in [-0.2, -0.15) is 0 Å². The lowest BCUT2D eigenvalue weighted by Gasteiger charge is -2.02. The van der Waals surface area contributed by atoms with Crippen molar-refractivity contribution in [1.29, 1.82) is 0 Å². The second-order valence-corrected chi connectivity index (χ2v) is 2.44. The average Bonchev–Trinajstić information content (AvgIpc) is 1.98. The molecule has 0 fully saturated rings. The maximum Gasteiger partial charge on any atom is 0.312 e. The van der Waals surface area contributed by atoms with Crippen molar-refractivity contribution >= 4 is 5.97 Å². The van der Waals surface area contributed by atoms with E-state index in [-0.39, 0.29) is 11.9 Å². The predicted molar refractivity (Wildman–Crippen MR) is 42.0 cm³/mol. The molecule has 0 bridgehead atoms. The molecule has 0 unspecified atom stereocenters. The summed E-state index contributed by atoms with van der Waals surface area (Å²) in [6.07, 6.45) is 2.67. The Kier molecular flexibility index (Phi) is 4.54. The van der Waals surface area contributed by atoms with Crippen LogP contribution in [0, 0.1) is 5.92 Å². The van der Waals surface area contributed by atoms with E-state index in [2.05, 4.69) is 4.74 Å². The van der Waals surface area contributed by atoms with Crippen molar-refractivity contribution in [3.05, 3.63) is 12.2 Å². The summed E-state index contributed by atoms with van der Waals surface area (Å²) in [5.41, 5.74) is 0. The molecule has 3 nitrogen and oxygen atoms in total. The van der Waals surface area contributed by atoms with Crippen LogP contribution < -0.4 is 0 Å². The van der Waals surface area contributed by atoms with Crippen molar-refractivity contribution in [1.82, 2.24) is 0 Å². The van der Waals surface area contributed by atoms with E-state index in [4.69, 9.17) is 5.11 Å². The van der Waals surface area contributed by atoms with Crippen molar-refractivity contribution in [3.8, 4) is 0 Å². The zero-order valence-corrected chi connectivity index (χ0v) is 7.07. The predicted octanol–water partition coefficient (Wildman–Crippen LogP) is 0.732. The minimum atomic E-state index is -0.512. The number of esters is 1. The van der Waals surface area contributed by atoms with Gasteiger partial charge in [0.15, 0.2) is 0 Å². The van der Waals surface area contributed by atoms with E-state index in [1.165, 1.54) is 7.11 Å². The van der Waals surface area contributed by atoms with E-state index >= 15 is 0 Å². The number of hydrogen-bond donors (Lipinski definition) is 1. The van der Waals surface area contributed by atoms with Crippen LogP contribution in [0.2, 0.25) is 0 Å². The van der Waals surface area contributed by atoms with E-state index in [9.17, 15) is 4.79 Å². The van der Waals surface area contributed by atoms with Gasteiger partial charge in [-0.05, 0) is 13.8 Å². The van der Waals surface area contributed by atoms with Crippen molar-refractivity contribution in [3.63, 3.8) is 0 Å². The quantitative estimate of drug-likeness (QED) is 0.486. The molecule has 0 aliphatic rings. The Hall–Kier alpha value is -0.830. The summed E-state index contributed by atoms with van der Waals surface area (Å²) < 4.78 is 4.47. The Balaban J connectivity index is 3.86. The molecule has 0 aromatic rings. The second-order valence-electron chi connectivity index (χ2n) is 2.44. The zero-order valence-electron chi connectivity index (χ0n) is 7.07. The molecule has 0 radical (unpaired) electrons. The van der Waals surface area contributed by atoms with Crippen molar-refractivity contribution < 1.29 is 14.6 Å². The van der Waals surface area contributed by atoms with Gasteiger partial charge >= 0.3 is 5.97 Å². The lowest BCUT2D eigenvalue weighted by Crippen LogP contribution is -2.10. The monoisotopic (exact) mass is 158 g/mol. The average molecular weight is 158 g/mol. The van der Waals surface area contributed by atoms with Gasteiger partial charge in [-0.15, -0.1) is 0 Å². The first kappa shape index (κ1) is 10.2. The third-order valence-electron chi connectivity index (χ3n) is 1.25. The van der Waals surface area contributed by atoms with Gasteiger partial charge in [-0.3, -0.25) is 4.79 Å². The summed E-state index contributed by atoms with van der Waals surface area (Å²) in [6, 6.07) is 0. The summed E-state index contributed by atoms with van der Waals surface area (Å²) >= 11 is 0. The lowest BCUT2D eigenvalue weighted by atomic mass is 10.1. The Bertz CT molecular complexity index is 149. The van der Waals surface area contributed by atoms with E-state index in [0.29, 0.717) is 0 Å². The molecule has 0 aliphatic carbocycles. The highest BCUT2D eigenvalue weighted by atomic mass is 16.5. The van der Waals surface area contributed by atoms with Crippen LogP contribution in [0.4, 0.5) is 0 Å². The van der Waals surface area contributed by atoms with Crippen molar-refractivity contribution in [2.24, 2.45) is 5.92 Å². The summed E-state index contributed by atoms with van der Waals surface area (Å²) in [5.74, 6) is -0.573. The molecule has 0 spiro atoms. The Labute approximate surface area is 66.7 Å². The smallest absolute Gasteiger partial charge is 0.312 e. The summed E-state index contributed by atoms with van der Waals surface area (Å²) in [5, 5.41) is 8.82. The highest BCUT2D eigenvalue weighted by molar-refractivity contribution is 5.73. The molecular weight excluding hydrogens is 144 g/mol. The molecule has 0 saturated heterocycles. The Morgan fingerprint density at radius 1 is 1.45 bits per heavy atom. The number of methoxy groups -OCH3 is 1. The third kappa shape index (κ3) is 4.56. The van der Waals surface area contributed by atoms with Gasteiger partial charge in [0.05, 0.1) is 19.1 Å². The molecule has 0 aromatic heterocycles. The van der Waals surface area contributed by atoms with Gasteiger partial charge < -0.3 is 9.84 Å². The number of aliphatic hydroxyl groups excluding tert-OH is 1. The van der Waals surface area contributed by atoms with Crippen LogP contribution in [0.5, 0.6) is 0 Å². The number of carbonyl (C=O) groups is 1. The van der Waals surface area contributed by atoms with Gasteiger partial charge in [0, 0.05) is 0 Å². The lowest BCUT2D eigenvalue weighted by molar-refractivity contribution is -0.143. The van der Waals surface area contributed by atoms with Crippen LogP contribution in [-0.2, 0) is 9.53 Å². The van der Waals surface area contributed by atoms with E-state index in [0.717, 1.165) is 0 Å². The van der Waals surface area contributed by atoms with Crippen LogP contribution in [0.25, 0.3) is 0 Å². The molecule has 3 heteroatoms. The van der Waals surface area contributed by atoms with E-state index in [1.807, 2.05) is 0 Å². The Morgan fingerprint density at radius 2 is 2.00 bits per heavy atom. The molecule has 11 heavy (non-hydrogen) atoms. The highest BCUT2D eigenvalue weighted by Gasteiger charge is 2.07. The van der Waals surface area contributed by atoms with E-state index in [1.54, 1.807) is 26.0 Å². The standard InChI is InChI=1S/C8H14O3/c1-6(8(10)11-3)4-5-7(2)9/h4-7,9H,1-3H3/t6-,7+/m0/s1. The topological polar surface area (TPSA) is 46.5 Å². The van der Waals surface area contributed by atoms with E-state index < -0.39 is 6.10 Å². The first-order valence-electron chi connectivity index (χ1n) is 3.52. The van der Waals surface area contributed by atoms with Gasteiger partial charge in [0.1, 0.15) is 0 Å². The number of rotatable bonds is 3. The molecule has 0 amide bonds. The van der Waals surface area contributed by atoms with Crippen LogP contribution in [-0.4, -0.2) is 24.3 Å². The minimum Gasteiger partial charge on any atom is -0.469 e. The highest BCUT2D eigenvalue weighted by Crippen LogP contribution is 2.00. The molecule has 2 atom stereocenters. The summed E-state index contributed by atoms with van der Waals surface area (Å²) in [6.45, 7) is 3.34. The van der Waals surface area contributed by atoms with Crippen LogP contribution in [0.1, 0.15) is 13.8 Å². The molecule has 0 aliphatic heterocycles. The maximum atomic E-state index is 10.8. The zero-order chi connectivity index (χ0) is 8.85. The van der Waals surface area contributed by atoms with Gasteiger partial charge in [0.25, 0.3) is 0 Å². The summed E-state index contributed by atoms with van der Waals surface area (Å²) in [7, 11) is 1.34. The Morgan fingerprint density at radius 3 is 2.36 bits per heavy atom. The largest absolute Gasteiger partial charge is 0.469 e. The fourth-order valence-electron chi connectivity index (χ4n) is 0.592. The van der Waals surface area contributed by atoms with Crippen molar-refractivity contribution in [2.45, 2.75) is 20.0 Å². The normalized spacial score (nSPS) is 16.4. The first-order chi connectivity index (χ1) is 5.07. The van der Waals surface area contributed by atoms with Gasteiger partial charge in [0.2, 0.25) is 0 Å². The molecule has 1 N–H and O–H groups in total. The van der Waals surface area contributed by atoms with Gasteiger partial charge in [-0.25, -0.2) is 0 Å². The SMILES string of the molecule is COC(=O)[C@@H](C)C=C[C@@H](C)O. The number of ether oxygens (including phenoxy) is 1. The number of aliphatic hydroxyl groups is 1. The minimum absolute atomic E-state index is 0.283. The second kappa shape index (κ2) is 4.91. The fourth-order valence-corrected chi connectivity index (χ4v) is 0.592. The van der Waals surface area contributed by atoms with Gasteiger partial charge in [-0.1, -0.05) is 12.2 Å². The molecule has 0 aromatic carbocycles. The fraction of sp³-hybridized carbons (Fsp3) is 0.625. The molecular formula is C8H14O3. The molecule has 0 saturated carbocycles. The van der Waals surface area contributed by atoms with Crippen LogP contribution in [0.15, 0.2) is 12.2 Å². The molecule has 64 valence electrons. The van der Waals surface area contributed by atoms with Crippen LogP contribution >= 0.6 is 0 Å². The maximum absolute atomic E-state index is 10.8. The molecule has 0 rings (SSSR count).